The zero-order valence-corrected chi connectivity index (χ0v) is 23.5. The average Bonchev–Trinajstić information content (AvgIpc) is 3.55. The van der Waals surface area contributed by atoms with Crippen LogP contribution in [-0.2, 0) is 19.6 Å². The van der Waals surface area contributed by atoms with Crippen LogP contribution in [0.2, 0.25) is 0 Å². The van der Waals surface area contributed by atoms with Crippen molar-refractivity contribution in [1.29, 1.82) is 0 Å². The van der Waals surface area contributed by atoms with E-state index < -0.39 is 17.8 Å². The largest absolute Gasteiger partial charge is 0.434 e. The predicted molar refractivity (Wildman–Crippen MR) is 159 cm³/mol. The molecule has 2 aromatic carbocycles. The van der Waals surface area contributed by atoms with E-state index in [9.17, 15) is 22.8 Å². The van der Waals surface area contributed by atoms with E-state index in [2.05, 4.69) is 27.0 Å². The van der Waals surface area contributed by atoms with E-state index in [4.69, 9.17) is 11.5 Å². The number of anilines is 1. The highest BCUT2D eigenvalue weighted by Crippen LogP contribution is 2.31. The lowest BCUT2D eigenvalue weighted by molar-refractivity contribution is -0.143. The maximum Gasteiger partial charge on any atom is 0.434 e. The molecular formula is C31H25F3N8O2. The second-order valence-corrected chi connectivity index (χ2v) is 9.53. The number of hydrogen-bond acceptors (Lipinski definition) is 6. The van der Waals surface area contributed by atoms with Crippen molar-refractivity contribution in [2.24, 2.45) is 12.8 Å². The van der Waals surface area contributed by atoms with E-state index in [1.54, 1.807) is 35.2 Å². The second-order valence-electron chi connectivity index (χ2n) is 9.53. The van der Waals surface area contributed by atoms with Crippen LogP contribution in [0.3, 0.4) is 0 Å². The number of carbonyl (C=O) groups excluding carboxylic acids is 1. The van der Waals surface area contributed by atoms with E-state index in [0.29, 0.717) is 28.4 Å². The van der Waals surface area contributed by atoms with Gasteiger partial charge in [0.05, 0.1) is 17.1 Å². The molecule has 4 N–H and O–H groups in total. The summed E-state index contributed by atoms with van der Waals surface area (Å²) in [6.07, 6.45) is 0.330. The monoisotopic (exact) mass is 598 g/mol. The van der Waals surface area contributed by atoms with Crippen molar-refractivity contribution in [3.63, 3.8) is 0 Å². The second kappa shape index (κ2) is 11.8. The van der Waals surface area contributed by atoms with Crippen LogP contribution in [-0.4, -0.2) is 34.9 Å². The number of hydrogen-bond donors (Lipinski definition) is 2. The SMILES string of the molecule is CCc1cc2cccc(C#Cc3cnn(C)c3C(F)(F)F)c2c(=O)n1-c1ccccc1.NC(=O)c1c(N)nn2cccnc12. The van der Waals surface area contributed by atoms with E-state index >= 15 is 0 Å². The molecule has 1 amide bonds. The van der Waals surface area contributed by atoms with Crippen LogP contribution < -0.4 is 17.0 Å². The van der Waals surface area contributed by atoms with Crippen molar-refractivity contribution >= 4 is 28.1 Å². The van der Waals surface area contributed by atoms with Gasteiger partial charge >= 0.3 is 6.18 Å². The molecule has 44 heavy (non-hydrogen) atoms. The highest BCUT2D eigenvalue weighted by Gasteiger charge is 2.37. The molecular weight excluding hydrogens is 573 g/mol. The Morgan fingerprint density at radius 3 is 2.43 bits per heavy atom. The smallest absolute Gasteiger partial charge is 0.381 e. The Bertz CT molecular complexity index is 2130. The number of nitrogens with zero attached hydrogens (tertiary/aromatic N) is 6. The molecule has 222 valence electrons. The highest BCUT2D eigenvalue weighted by molar-refractivity contribution is 6.03. The molecule has 0 fully saturated rings. The third kappa shape index (κ3) is 5.60. The molecule has 13 heteroatoms. The van der Waals surface area contributed by atoms with E-state index in [1.165, 1.54) is 11.6 Å². The minimum Gasteiger partial charge on any atom is -0.381 e. The zero-order chi connectivity index (χ0) is 31.6. The third-order valence-electron chi connectivity index (χ3n) is 6.71. The topological polar surface area (TPSA) is 139 Å². The molecule has 0 saturated carbocycles. The Kier molecular flexibility index (Phi) is 7.91. The van der Waals surface area contributed by atoms with Crippen molar-refractivity contribution in [3.8, 4) is 17.5 Å². The summed E-state index contributed by atoms with van der Waals surface area (Å²) in [5.41, 5.74) is 11.7. The van der Waals surface area contributed by atoms with Crippen LogP contribution >= 0.6 is 0 Å². The number of fused-ring (bicyclic) bond motifs is 2. The molecule has 0 aliphatic heterocycles. The van der Waals surface area contributed by atoms with E-state index in [0.717, 1.165) is 22.3 Å². The minimum atomic E-state index is -4.58. The molecule has 0 bridgehead atoms. The normalized spacial score (nSPS) is 11.1. The first-order valence-electron chi connectivity index (χ1n) is 13.2. The maximum atomic E-state index is 13.5. The van der Waals surface area contributed by atoms with Gasteiger partial charge in [0, 0.05) is 36.4 Å². The average molecular weight is 599 g/mol. The van der Waals surface area contributed by atoms with Crippen LogP contribution in [0.4, 0.5) is 19.0 Å². The number of pyridine rings is 1. The van der Waals surface area contributed by atoms with Gasteiger partial charge in [0.2, 0.25) is 0 Å². The number of carbonyl (C=O) groups is 1. The fourth-order valence-electron chi connectivity index (χ4n) is 4.78. The fourth-order valence-corrected chi connectivity index (χ4v) is 4.78. The summed E-state index contributed by atoms with van der Waals surface area (Å²) in [5, 5.41) is 8.61. The molecule has 4 heterocycles. The van der Waals surface area contributed by atoms with Crippen molar-refractivity contribution in [2.75, 3.05) is 5.73 Å². The third-order valence-corrected chi connectivity index (χ3v) is 6.71. The highest BCUT2D eigenvalue weighted by atomic mass is 19.4. The number of primary amides is 1. The van der Waals surface area contributed by atoms with Gasteiger partial charge in [-0.1, -0.05) is 49.1 Å². The van der Waals surface area contributed by atoms with E-state index in [1.807, 2.05) is 49.4 Å². The Balaban J connectivity index is 0.000000245. The van der Waals surface area contributed by atoms with Gasteiger partial charge < -0.3 is 11.5 Å². The number of benzene rings is 2. The molecule has 10 nitrogen and oxygen atoms in total. The van der Waals surface area contributed by atoms with Crippen LogP contribution in [0.15, 0.2) is 84.0 Å². The first-order chi connectivity index (χ1) is 21.0. The standard InChI is InChI=1S/C24H18F3N3O.C7H7N5O/c1-3-19-14-17-9-7-8-16(12-13-18-15-28-29(2)22(18)24(25,26)27)21(17)23(31)30(19)20-10-5-4-6-11-20;8-5-4(6(9)13)7-10-2-1-3-12(7)11-5/h4-11,14-15H,3H2,1-2H3;1-3H,(H2,8,11)(H2,9,13). The molecule has 0 aliphatic carbocycles. The van der Waals surface area contributed by atoms with Gasteiger partial charge in [-0.05, 0) is 42.1 Å². The van der Waals surface area contributed by atoms with Gasteiger partial charge in [0.15, 0.2) is 17.2 Å². The van der Waals surface area contributed by atoms with Gasteiger partial charge in [0.25, 0.3) is 11.5 Å². The van der Waals surface area contributed by atoms with Crippen LogP contribution in [0.1, 0.15) is 39.8 Å². The van der Waals surface area contributed by atoms with Gasteiger partial charge in [-0.3, -0.25) is 18.8 Å². The molecule has 4 aromatic heterocycles. The molecule has 6 rings (SSSR count). The molecule has 0 spiro atoms. The fraction of sp³-hybridized carbons (Fsp3) is 0.129. The molecule has 6 aromatic rings. The van der Waals surface area contributed by atoms with Crippen LogP contribution in [0.5, 0.6) is 0 Å². The van der Waals surface area contributed by atoms with Crippen molar-refractivity contribution < 1.29 is 18.0 Å². The number of rotatable bonds is 3. The summed E-state index contributed by atoms with van der Waals surface area (Å²) in [6, 6.07) is 18.0. The quantitative estimate of drug-likeness (QED) is 0.294. The lowest BCUT2D eigenvalue weighted by Crippen LogP contribution is -2.22. The summed E-state index contributed by atoms with van der Waals surface area (Å²) in [6.45, 7) is 1.96. The van der Waals surface area contributed by atoms with Crippen LogP contribution in [0, 0.1) is 11.8 Å². The summed E-state index contributed by atoms with van der Waals surface area (Å²) in [4.78, 5) is 28.4. The number of nitrogen functional groups attached to an aromatic ring is 1. The van der Waals surface area contributed by atoms with Crippen molar-refractivity contribution in [3.05, 3.63) is 118 Å². The van der Waals surface area contributed by atoms with Crippen LogP contribution in [0.25, 0.3) is 22.1 Å². The Labute approximate surface area is 248 Å². The predicted octanol–water partition coefficient (Wildman–Crippen LogP) is 4.12. The molecule has 0 saturated heterocycles. The number of alkyl halides is 3. The Hall–Kier alpha value is -5.90. The van der Waals surface area contributed by atoms with Crippen molar-refractivity contribution in [2.45, 2.75) is 19.5 Å². The number of aryl methyl sites for hydroxylation is 2. The number of aromatic nitrogens is 6. The van der Waals surface area contributed by atoms with Gasteiger partial charge in [-0.2, -0.15) is 18.3 Å². The lowest BCUT2D eigenvalue weighted by atomic mass is 10.0. The first-order valence-corrected chi connectivity index (χ1v) is 13.2. The number of para-hydroxylation sites is 1. The lowest BCUT2D eigenvalue weighted by Gasteiger charge is -2.14. The minimum absolute atomic E-state index is 0.103. The Morgan fingerprint density at radius 1 is 1.02 bits per heavy atom. The maximum absolute atomic E-state index is 13.5. The van der Waals surface area contributed by atoms with Gasteiger partial charge in [0.1, 0.15) is 5.56 Å². The van der Waals surface area contributed by atoms with E-state index in [-0.39, 0.29) is 22.5 Å². The molecule has 0 unspecified atom stereocenters. The summed E-state index contributed by atoms with van der Waals surface area (Å²) >= 11 is 0. The van der Waals surface area contributed by atoms with Gasteiger partial charge in [-0.25, -0.2) is 9.50 Å². The molecule has 0 atom stereocenters. The summed E-state index contributed by atoms with van der Waals surface area (Å²) in [7, 11) is 1.22. The summed E-state index contributed by atoms with van der Waals surface area (Å²) < 4.78 is 43.8. The van der Waals surface area contributed by atoms with Crippen molar-refractivity contribution in [1.82, 2.24) is 28.9 Å². The first kappa shape index (κ1) is 29.6. The molecule has 0 aliphatic rings. The number of nitrogens with two attached hydrogens (primary N) is 2. The molecule has 0 radical (unpaired) electrons. The summed E-state index contributed by atoms with van der Waals surface area (Å²) in [5.74, 6) is 4.82. The van der Waals surface area contributed by atoms with Gasteiger partial charge in [-0.15, -0.1) is 5.10 Å². The number of amides is 1. The number of halogens is 3. The zero-order valence-electron chi connectivity index (χ0n) is 23.5. The Morgan fingerprint density at radius 2 is 1.75 bits per heavy atom.